The van der Waals surface area contributed by atoms with Crippen molar-refractivity contribution in [1.82, 2.24) is 10.2 Å². The molecule has 1 saturated carbocycles. The molecule has 0 spiro atoms. The Morgan fingerprint density at radius 3 is 2.50 bits per heavy atom. The molecule has 0 bridgehead atoms. The number of amides is 2. The molecule has 1 aliphatic rings. The first kappa shape index (κ1) is 14.8. The van der Waals surface area contributed by atoms with Gasteiger partial charge < -0.3 is 21.1 Å². The summed E-state index contributed by atoms with van der Waals surface area (Å²) in [6.45, 7) is 0.0480. The van der Waals surface area contributed by atoms with Crippen LogP contribution in [0.2, 0.25) is 0 Å². The summed E-state index contributed by atoms with van der Waals surface area (Å²) in [5.41, 5.74) is 5.25. The third-order valence-electron chi connectivity index (χ3n) is 2.98. The molecule has 1 aliphatic carbocycles. The first-order valence-corrected chi connectivity index (χ1v) is 6.45. The van der Waals surface area contributed by atoms with Crippen LogP contribution >= 0.6 is 12.2 Å². The zero-order chi connectivity index (χ0) is 13.5. The molecule has 2 amide bonds. The lowest BCUT2D eigenvalue weighted by molar-refractivity contribution is -0.147. The Morgan fingerprint density at radius 1 is 1.39 bits per heavy atom. The van der Waals surface area contributed by atoms with Gasteiger partial charge in [0.2, 0.25) is 0 Å². The van der Waals surface area contributed by atoms with Crippen LogP contribution in [0.1, 0.15) is 25.7 Å². The molecule has 4 N–H and O–H groups in total. The summed E-state index contributed by atoms with van der Waals surface area (Å²) in [7, 11) is 0. The minimum atomic E-state index is -0.719. The molecule has 0 heterocycles. The fourth-order valence-electron chi connectivity index (χ4n) is 2.15. The van der Waals surface area contributed by atoms with Crippen molar-refractivity contribution in [2.24, 2.45) is 5.73 Å². The Labute approximate surface area is 112 Å². The van der Waals surface area contributed by atoms with Crippen molar-refractivity contribution in [3.8, 4) is 0 Å². The molecule has 0 aromatic rings. The molecule has 18 heavy (non-hydrogen) atoms. The highest BCUT2D eigenvalue weighted by Gasteiger charge is 2.29. The van der Waals surface area contributed by atoms with Gasteiger partial charge in [-0.2, -0.15) is 0 Å². The van der Waals surface area contributed by atoms with Crippen molar-refractivity contribution in [3.63, 3.8) is 0 Å². The molecule has 0 radical (unpaired) electrons. The van der Waals surface area contributed by atoms with Crippen LogP contribution < -0.4 is 11.1 Å². The molecule has 0 aromatic carbocycles. The standard InChI is InChI=1S/C11H19N3O3S/c12-9(18)7-13-10(16)11(17)14(5-6-15)8-3-1-2-4-8/h8,15H,1-7H2,(H2,12,18)(H,13,16). The molecule has 6 nitrogen and oxygen atoms in total. The molecule has 1 rings (SSSR count). The van der Waals surface area contributed by atoms with E-state index in [1.807, 2.05) is 0 Å². The van der Waals surface area contributed by atoms with Crippen LogP contribution in [0.5, 0.6) is 0 Å². The second kappa shape index (κ2) is 7.27. The molecule has 102 valence electrons. The summed E-state index contributed by atoms with van der Waals surface area (Å²) < 4.78 is 0. The van der Waals surface area contributed by atoms with E-state index in [0.29, 0.717) is 0 Å². The highest BCUT2D eigenvalue weighted by Crippen LogP contribution is 2.23. The fourth-order valence-corrected chi connectivity index (χ4v) is 2.22. The van der Waals surface area contributed by atoms with Gasteiger partial charge in [0.15, 0.2) is 0 Å². The maximum Gasteiger partial charge on any atom is 0.312 e. The van der Waals surface area contributed by atoms with Crippen molar-refractivity contribution in [3.05, 3.63) is 0 Å². The van der Waals surface area contributed by atoms with E-state index in [9.17, 15) is 9.59 Å². The zero-order valence-corrected chi connectivity index (χ0v) is 11.0. The van der Waals surface area contributed by atoms with Crippen LogP contribution in [0.3, 0.4) is 0 Å². The summed E-state index contributed by atoms with van der Waals surface area (Å²) in [6, 6.07) is 0.0558. The minimum absolute atomic E-state index is 0.0114. The smallest absolute Gasteiger partial charge is 0.312 e. The first-order valence-electron chi connectivity index (χ1n) is 6.04. The van der Waals surface area contributed by atoms with Crippen molar-refractivity contribution in [2.45, 2.75) is 31.7 Å². The summed E-state index contributed by atoms with van der Waals surface area (Å²) in [4.78, 5) is 25.1. The number of nitrogens with one attached hydrogen (secondary N) is 1. The van der Waals surface area contributed by atoms with Gasteiger partial charge in [-0.3, -0.25) is 9.59 Å². The van der Waals surface area contributed by atoms with E-state index < -0.39 is 11.8 Å². The van der Waals surface area contributed by atoms with Crippen molar-refractivity contribution >= 4 is 29.0 Å². The maximum atomic E-state index is 12.0. The number of thiocarbonyl (C=S) groups is 1. The van der Waals surface area contributed by atoms with E-state index in [0.717, 1.165) is 25.7 Å². The van der Waals surface area contributed by atoms with Crippen LogP contribution in [-0.2, 0) is 9.59 Å². The Morgan fingerprint density at radius 2 is 2.00 bits per heavy atom. The van der Waals surface area contributed by atoms with E-state index in [1.54, 1.807) is 0 Å². The topological polar surface area (TPSA) is 95.7 Å². The average molecular weight is 273 g/mol. The number of hydrogen-bond donors (Lipinski definition) is 3. The van der Waals surface area contributed by atoms with Gasteiger partial charge in [-0.15, -0.1) is 0 Å². The van der Waals surface area contributed by atoms with Crippen LogP contribution in [0.4, 0.5) is 0 Å². The maximum absolute atomic E-state index is 12.0. The summed E-state index contributed by atoms with van der Waals surface area (Å²) in [5.74, 6) is -1.34. The molecule has 7 heteroatoms. The predicted octanol–water partition coefficient (Wildman–Crippen LogP) is -0.848. The number of carbonyl (C=O) groups is 2. The summed E-state index contributed by atoms with van der Waals surface area (Å²) in [5, 5.41) is 11.3. The third kappa shape index (κ3) is 4.23. The Hall–Kier alpha value is -1.21. The number of aliphatic hydroxyl groups excluding tert-OH is 1. The van der Waals surface area contributed by atoms with E-state index in [2.05, 4.69) is 17.5 Å². The molecule has 0 unspecified atom stereocenters. The lowest BCUT2D eigenvalue weighted by Gasteiger charge is -2.27. The Kier molecular flexibility index (Phi) is 6.00. The SMILES string of the molecule is NC(=S)CNC(=O)C(=O)N(CCO)C1CCCC1. The normalized spacial score (nSPS) is 15.4. The van der Waals surface area contributed by atoms with E-state index in [-0.39, 0.29) is 30.7 Å². The van der Waals surface area contributed by atoms with Crippen molar-refractivity contribution in [1.29, 1.82) is 0 Å². The highest BCUT2D eigenvalue weighted by molar-refractivity contribution is 7.80. The second-order valence-electron chi connectivity index (χ2n) is 4.31. The van der Waals surface area contributed by atoms with Gasteiger partial charge in [-0.05, 0) is 12.8 Å². The van der Waals surface area contributed by atoms with Gasteiger partial charge in [0.05, 0.1) is 18.1 Å². The van der Waals surface area contributed by atoms with Crippen LogP contribution in [-0.4, -0.2) is 52.5 Å². The minimum Gasteiger partial charge on any atom is -0.395 e. The molecule has 0 saturated heterocycles. The second-order valence-corrected chi connectivity index (χ2v) is 4.83. The van der Waals surface area contributed by atoms with Crippen molar-refractivity contribution in [2.75, 3.05) is 19.7 Å². The van der Waals surface area contributed by atoms with Crippen molar-refractivity contribution < 1.29 is 14.7 Å². The third-order valence-corrected chi connectivity index (χ3v) is 3.13. The van der Waals surface area contributed by atoms with Gasteiger partial charge >= 0.3 is 11.8 Å². The Bertz CT molecular complexity index is 329. The fraction of sp³-hybridized carbons (Fsp3) is 0.727. The number of aliphatic hydroxyl groups is 1. The zero-order valence-electron chi connectivity index (χ0n) is 10.2. The van der Waals surface area contributed by atoms with Gasteiger partial charge in [0.1, 0.15) is 0 Å². The number of nitrogens with zero attached hydrogens (tertiary/aromatic N) is 1. The molecule has 0 aliphatic heterocycles. The molecular weight excluding hydrogens is 254 g/mol. The number of nitrogens with two attached hydrogens (primary N) is 1. The quantitative estimate of drug-likeness (QED) is 0.448. The number of hydrogen-bond acceptors (Lipinski definition) is 4. The molecule has 0 atom stereocenters. The monoisotopic (exact) mass is 273 g/mol. The van der Waals surface area contributed by atoms with Crippen LogP contribution in [0, 0.1) is 0 Å². The lowest BCUT2D eigenvalue weighted by Crippen LogP contribution is -2.49. The summed E-state index contributed by atoms with van der Waals surface area (Å²) in [6.07, 6.45) is 3.87. The van der Waals surface area contributed by atoms with Crippen LogP contribution in [0.15, 0.2) is 0 Å². The molecule has 1 fully saturated rings. The number of rotatable bonds is 5. The number of carbonyl (C=O) groups excluding carboxylic acids is 2. The van der Waals surface area contributed by atoms with Gasteiger partial charge in [-0.1, -0.05) is 25.1 Å². The first-order chi connectivity index (χ1) is 8.56. The van der Waals surface area contributed by atoms with Crippen LogP contribution in [0.25, 0.3) is 0 Å². The average Bonchev–Trinajstić information content (AvgIpc) is 2.85. The highest BCUT2D eigenvalue weighted by atomic mass is 32.1. The van der Waals surface area contributed by atoms with E-state index in [1.165, 1.54) is 4.90 Å². The largest absolute Gasteiger partial charge is 0.395 e. The molecule has 0 aromatic heterocycles. The van der Waals surface area contributed by atoms with Gasteiger partial charge in [0, 0.05) is 12.6 Å². The molecular formula is C11H19N3O3S. The summed E-state index contributed by atoms with van der Waals surface area (Å²) >= 11 is 4.62. The predicted molar refractivity (Wildman–Crippen MR) is 70.8 cm³/mol. The van der Waals surface area contributed by atoms with E-state index in [4.69, 9.17) is 10.8 Å². The Balaban J connectivity index is 2.57. The lowest BCUT2D eigenvalue weighted by atomic mass is 10.2. The van der Waals surface area contributed by atoms with Gasteiger partial charge in [0.25, 0.3) is 0 Å². The van der Waals surface area contributed by atoms with Gasteiger partial charge in [-0.25, -0.2) is 0 Å². The van der Waals surface area contributed by atoms with E-state index >= 15 is 0 Å².